The van der Waals surface area contributed by atoms with Crippen LogP contribution in [0, 0.1) is 19.7 Å². The SMILES string of the molecule is Cc1ccc(Nc2cc(F)c(Br)cc2C)cc1N. The van der Waals surface area contributed by atoms with Crippen molar-refractivity contribution in [3.05, 3.63) is 51.7 Å². The Labute approximate surface area is 114 Å². The van der Waals surface area contributed by atoms with Gasteiger partial charge in [0.1, 0.15) is 5.82 Å². The number of halogens is 2. The maximum absolute atomic E-state index is 13.5. The Kier molecular flexibility index (Phi) is 3.57. The molecular formula is C14H14BrFN2. The number of hydrogen-bond acceptors (Lipinski definition) is 2. The minimum Gasteiger partial charge on any atom is -0.398 e. The maximum Gasteiger partial charge on any atom is 0.139 e. The van der Waals surface area contributed by atoms with Crippen molar-refractivity contribution in [2.75, 3.05) is 11.1 Å². The molecule has 3 N–H and O–H groups in total. The van der Waals surface area contributed by atoms with E-state index in [4.69, 9.17) is 5.73 Å². The molecule has 0 atom stereocenters. The third-order valence-electron chi connectivity index (χ3n) is 2.83. The minimum atomic E-state index is -0.289. The van der Waals surface area contributed by atoms with Gasteiger partial charge in [0.15, 0.2) is 0 Å². The summed E-state index contributed by atoms with van der Waals surface area (Å²) in [5, 5.41) is 3.17. The van der Waals surface area contributed by atoms with Gasteiger partial charge in [-0.15, -0.1) is 0 Å². The van der Waals surface area contributed by atoms with Gasteiger partial charge in [-0.3, -0.25) is 0 Å². The zero-order valence-corrected chi connectivity index (χ0v) is 11.8. The standard InChI is InChI=1S/C14H14BrFN2/c1-8-3-4-10(6-13(8)17)18-14-7-12(16)11(15)5-9(14)2/h3-7,18H,17H2,1-2H3. The van der Waals surface area contributed by atoms with E-state index in [1.54, 1.807) is 6.07 Å². The van der Waals surface area contributed by atoms with Gasteiger partial charge in [0, 0.05) is 17.1 Å². The predicted molar refractivity (Wildman–Crippen MR) is 77.7 cm³/mol. The van der Waals surface area contributed by atoms with Gasteiger partial charge in [-0.05, 0) is 65.2 Å². The summed E-state index contributed by atoms with van der Waals surface area (Å²) >= 11 is 3.16. The first-order valence-electron chi connectivity index (χ1n) is 5.56. The van der Waals surface area contributed by atoms with Crippen molar-refractivity contribution in [2.45, 2.75) is 13.8 Å². The number of nitrogens with two attached hydrogens (primary N) is 1. The summed E-state index contributed by atoms with van der Waals surface area (Å²) in [7, 11) is 0. The highest BCUT2D eigenvalue weighted by molar-refractivity contribution is 9.10. The molecule has 0 saturated carbocycles. The number of nitrogen functional groups attached to an aromatic ring is 1. The number of benzene rings is 2. The van der Waals surface area contributed by atoms with E-state index in [1.165, 1.54) is 6.07 Å². The molecule has 0 bridgehead atoms. The topological polar surface area (TPSA) is 38.0 Å². The number of anilines is 3. The monoisotopic (exact) mass is 308 g/mol. The highest BCUT2D eigenvalue weighted by atomic mass is 79.9. The third kappa shape index (κ3) is 2.64. The van der Waals surface area contributed by atoms with Crippen LogP contribution in [0.15, 0.2) is 34.8 Å². The zero-order chi connectivity index (χ0) is 13.3. The van der Waals surface area contributed by atoms with Crippen LogP contribution in [0.3, 0.4) is 0 Å². The maximum atomic E-state index is 13.5. The van der Waals surface area contributed by atoms with E-state index in [0.717, 1.165) is 28.2 Å². The molecule has 0 aliphatic rings. The van der Waals surface area contributed by atoms with Crippen LogP contribution in [-0.4, -0.2) is 0 Å². The Balaban J connectivity index is 2.34. The molecule has 2 aromatic carbocycles. The first-order chi connectivity index (χ1) is 8.47. The van der Waals surface area contributed by atoms with E-state index in [2.05, 4.69) is 21.2 Å². The normalized spacial score (nSPS) is 10.4. The van der Waals surface area contributed by atoms with Crippen molar-refractivity contribution in [1.82, 2.24) is 0 Å². The molecule has 0 amide bonds. The van der Waals surface area contributed by atoms with E-state index in [9.17, 15) is 4.39 Å². The quantitative estimate of drug-likeness (QED) is 0.800. The first kappa shape index (κ1) is 12.9. The summed E-state index contributed by atoms with van der Waals surface area (Å²) in [5.74, 6) is -0.289. The highest BCUT2D eigenvalue weighted by Crippen LogP contribution is 2.27. The summed E-state index contributed by atoms with van der Waals surface area (Å²) in [6.07, 6.45) is 0. The Hall–Kier alpha value is -1.55. The molecule has 4 heteroatoms. The molecule has 2 rings (SSSR count). The lowest BCUT2D eigenvalue weighted by molar-refractivity contribution is 0.621. The van der Waals surface area contributed by atoms with Gasteiger partial charge in [-0.25, -0.2) is 4.39 Å². The lowest BCUT2D eigenvalue weighted by atomic mass is 10.1. The largest absolute Gasteiger partial charge is 0.398 e. The Morgan fingerprint density at radius 2 is 1.83 bits per heavy atom. The lowest BCUT2D eigenvalue weighted by Gasteiger charge is -2.12. The van der Waals surface area contributed by atoms with Gasteiger partial charge in [-0.1, -0.05) is 6.07 Å². The van der Waals surface area contributed by atoms with Gasteiger partial charge in [0.2, 0.25) is 0 Å². The minimum absolute atomic E-state index is 0.289. The average Bonchev–Trinajstić information content (AvgIpc) is 2.31. The van der Waals surface area contributed by atoms with Crippen LogP contribution in [0.2, 0.25) is 0 Å². The van der Waals surface area contributed by atoms with Gasteiger partial charge in [0.25, 0.3) is 0 Å². The molecule has 0 heterocycles. The fraction of sp³-hybridized carbons (Fsp3) is 0.143. The molecule has 0 aliphatic heterocycles. The van der Waals surface area contributed by atoms with Crippen molar-refractivity contribution < 1.29 is 4.39 Å². The van der Waals surface area contributed by atoms with E-state index in [0.29, 0.717) is 4.47 Å². The molecule has 0 aliphatic carbocycles. The molecule has 2 nitrogen and oxygen atoms in total. The Bertz CT molecular complexity index is 597. The predicted octanol–water partition coefficient (Wildman–Crippen LogP) is 4.53. The molecule has 0 unspecified atom stereocenters. The van der Waals surface area contributed by atoms with Crippen LogP contribution in [-0.2, 0) is 0 Å². The number of rotatable bonds is 2. The molecule has 2 aromatic rings. The molecule has 0 aromatic heterocycles. The summed E-state index contributed by atoms with van der Waals surface area (Å²) in [6, 6.07) is 8.91. The fourth-order valence-electron chi connectivity index (χ4n) is 1.65. The summed E-state index contributed by atoms with van der Waals surface area (Å²) in [4.78, 5) is 0. The van der Waals surface area contributed by atoms with Crippen molar-refractivity contribution in [2.24, 2.45) is 0 Å². The van der Waals surface area contributed by atoms with E-state index in [1.807, 2.05) is 32.0 Å². The molecule has 0 saturated heterocycles. The second kappa shape index (κ2) is 4.98. The van der Waals surface area contributed by atoms with E-state index >= 15 is 0 Å². The second-order valence-corrected chi connectivity index (χ2v) is 5.13. The van der Waals surface area contributed by atoms with Crippen molar-refractivity contribution in [3.8, 4) is 0 Å². The summed E-state index contributed by atoms with van der Waals surface area (Å²) < 4.78 is 14.0. The molecule has 18 heavy (non-hydrogen) atoms. The van der Waals surface area contributed by atoms with Gasteiger partial charge in [0.05, 0.1) is 4.47 Å². The summed E-state index contributed by atoms with van der Waals surface area (Å²) in [5.41, 5.74) is 10.1. The summed E-state index contributed by atoms with van der Waals surface area (Å²) in [6.45, 7) is 3.87. The van der Waals surface area contributed by atoms with Gasteiger partial charge >= 0.3 is 0 Å². The number of nitrogens with one attached hydrogen (secondary N) is 1. The highest BCUT2D eigenvalue weighted by Gasteiger charge is 2.06. The molecule has 0 fully saturated rings. The van der Waals surface area contributed by atoms with Crippen LogP contribution in [0.1, 0.15) is 11.1 Å². The molecule has 0 spiro atoms. The second-order valence-electron chi connectivity index (χ2n) is 4.28. The molecule has 94 valence electrons. The van der Waals surface area contributed by atoms with Crippen molar-refractivity contribution in [3.63, 3.8) is 0 Å². The van der Waals surface area contributed by atoms with Crippen LogP contribution in [0.4, 0.5) is 21.5 Å². The Morgan fingerprint density at radius 3 is 2.50 bits per heavy atom. The first-order valence-corrected chi connectivity index (χ1v) is 6.35. The Morgan fingerprint density at radius 1 is 1.11 bits per heavy atom. The lowest BCUT2D eigenvalue weighted by Crippen LogP contribution is -1.97. The van der Waals surface area contributed by atoms with Crippen molar-refractivity contribution >= 4 is 33.0 Å². The molecular weight excluding hydrogens is 295 g/mol. The van der Waals surface area contributed by atoms with Crippen molar-refractivity contribution in [1.29, 1.82) is 0 Å². The van der Waals surface area contributed by atoms with Gasteiger partial charge < -0.3 is 11.1 Å². The van der Waals surface area contributed by atoms with Crippen LogP contribution < -0.4 is 11.1 Å². The van der Waals surface area contributed by atoms with E-state index in [-0.39, 0.29) is 5.82 Å². The van der Waals surface area contributed by atoms with Crippen LogP contribution in [0.25, 0.3) is 0 Å². The zero-order valence-electron chi connectivity index (χ0n) is 10.2. The van der Waals surface area contributed by atoms with Gasteiger partial charge in [-0.2, -0.15) is 0 Å². The van der Waals surface area contributed by atoms with Crippen LogP contribution in [0.5, 0.6) is 0 Å². The fourth-order valence-corrected chi connectivity index (χ4v) is 2.11. The third-order valence-corrected chi connectivity index (χ3v) is 3.43. The smallest absolute Gasteiger partial charge is 0.139 e. The average molecular weight is 309 g/mol. The number of aryl methyl sites for hydroxylation is 2. The van der Waals surface area contributed by atoms with E-state index < -0.39 is 0 Å². The molecule has 0 radical (unpaired) electrons. The van der Waals surface area contributed by atoms with Crippen LogP contribution >= 0.6 is 15.9 Å². The number of hydrogen-bond donors (Lipinski definition) is 2.